The van der Waals surface area contributed by atoms with Gasteiger partial charge in [-0.2, -0.15) is 0 Å². The Labute approximate surface area is 142 Å². The number of guanidine groups is 1. The third-order valence-electron chi connectivity index (χ3n) is 4.14. The zero-order valence-corrected chi connectivity index (χ0v) is 14.1. The minimum absolute atomic E-state index is 0.124. The van der Waals surface area contributed by atoms with Crippen LogP contribution in [0, 0.1) is 6.92 Å². The number of hydrogen-bond donors (Lipinski definition) is 2. The topological polar surface area (TPSA) is 68.9 Å². The van der Waals surface area contributed by atoms with Crippen LogP contribution in [0.25, 0.3) is 0 Å². The molecule has 3 N–H and O–H groups in total. The van der Waals surface area contributed by atoms with Crippen molar-refractivity contribution in [1.82, 2.24) is 5.32 Å². The molecular weight excluding hydrogens is 302 g/mol. The number of rotatable bonds is 4. The highest BCUT2D eigenvalue weighted by atomic mass is 16.5. The van der Waals surface area contributed by atoms with Gasteiger partial charge in [-0.25, -0.2) is 4.99 Å². The van der Waals surface area contributed by atoms with Crippen LogP contribution in [0.2, 0.25) is 0 Å². The van der Waals surface area contributed by atoms with Crippen molar-refractivity contribution in [2.75, 3.05) is 13.7 Å². The Kier molecular flexibility index (Phi) is 4.89. The Morgan fingerprint density at radius 3 is 3.00 bits per heavy atom. The van der Waals surface area contributed by atoms with E-state index in [-0.39, 0.29) is 6.04 Å². The van der Waals surface area contributed by atoms with Crippen LogP contribution in [0.5, 0.6) is 11.5 Å². The highest BCUT2D eigenvalue weighted by Gasteiger charge is 2.21. The lowest BCUT2D eigenvalue weighted by Gasteiger charge is -2.26. The number of nitrogens with zero attached hydrogens (tertiary/aromatic N) is 1. The Hall–Kier alpha value is -2.69. The molecule has 0 fully saturated rings. The van der Waals surface area contributed by atoms with Gasteiger partial charge in [0.25, 0.3) is 0 Å². The van der Waals surface area contributed by atoms with Crippen molar-refractivity contribution in [3.63, 3.8) is 0 Å². The molecule has 0 aliphatic carbocycles. The Morgan fingerprint density at radius 1 is 1.33 bits per heavy atom. The normalized spacial score (nSPS) is 16.9. The maximum Gasteiger partial charge on any atom is 0.189 e. The van der Waals surface area contributed by atoms with Crippen molar-refractivity contribution < 1.29 is 9.47 Å². The molecule has 3 rings (SSSR count). The lowest BCUT2D eigenvalue weighted by atomic mass is 10.0. The summed E-state index contributed by atoms with van der Waals surface area (Å²) in [5.41, 5.74) is 9.38. The lowest BCUT2D eigenvalue weighted by molar-refractivity contribution is 0.262. The first-order valence-electron chi connectivity index (χ1n) is 8.09. The summed E-state index contributed by atoms with van der Waals surface area (Å²) in [6.07, 6.45) is 0.862. The van der Waals surface area contributed by atoms with Crippen LogP contribution in [-0.4, -0.2) is 19.7 Å². The number of hydrogen-bond acceptors (Lipinski definition) is 3. The number of aryl methyl sites for hydroxylation is 1. The molecule has 0 amide bonds. The average molecular weight is 325 g/mol. The van der Waals surface area contributed by atoms with Gasteiger partial charge < -0.3 is 20.5 Å². The second-order valence-corrected chi connectivity index (χ2v) is 5.89. The predicted octanol–water partition coefficient (Wildman–Crippen LogP) is 2.93. The molecule has 0 saturated carbocycles. The molecule has 126 valence electrons. The molecule has 2 aromatic carbocycles. The largest absolute Gasteiger partial charge is 0.496 e. The molecular formula is C19H23N3O2. The summed E-state index contributed by atoms with van der Waals surface area (Å²) in [6.45, 7) is 3.19. The summed E-state index contributed by atoms with van der Waals surface area (Å²) in [5, 5.41) is 3.30. The van der Waals surface area contributed by atoms with Crippen LogP contribution in [-0.2, 0) is 6.54 Å². The van der Waals surface area contributed by atoms with Gasteiger partial charge in [0.1, 0.15) is 11.5 Å². The van der Waals surface area contributed by atoms with E-state index in [4.69, 9.17) is 15.2 Å². The van der Waals surface area contributed by atoms with Crippen LogP contribution < -0.4 is 20.5 Å². The standard InChI is InChI=1S/C19H23N3O2/c1-13-7-8-14(18(11-13)23-2)12-21-19(20)22-16-9-10-24-17-6-4-3-5-15(16)17/h3-8,11,16H,9-10,12H2,1-2H3,(H3,20,21,22). The maximum atomic E-state index is 6.09. The van der Waals surface area contributed by atoms with Gasteiger partial charge in [0, 0.05) is 17.5 Å². The van der Waals surface area contributed by atoms with Crippen LogP contribution >= 0.6 is 0 Å². The molecule has 0 aromatic heterocycles. The summed E-state index contributed by atoms with van der Waals surface area (Å²) in [7, 11) is 1.67. The zero-order valence-electron chi connectivity index (χ0n) is 14.1. The van der Waals surface area contributed by atoms with E-state index in [0.29, 0.717) is 19.1 Å². The first kappa shape index (κ1) is 16.2. The molecule has 0 bridgehead atoms. The minimum atomic E-state index is 0.124. The first-order chi connectivity index (χ1) is 11.7. The molecule has 0 saturated heterocycles. The maximum absolute atomic E-state index is 6.09. The molecule has 5 nitrogen and oxygen atoms in total. The third kappa shape index (κ3) is 3.62. The third-order valence-corrected chi connectivity index (χ3v) is 4.14. The van der Waals surface area contributed by atoms with Gasteiger partial charge in [-0.05, 0) is 24.6 Å². The zero-order chi connectivity index (χ0) is 16.9. The fraction of sp³-hybridized carbons (Fsp3) is 0.316. The Balaban J connectivity index is 1.70. The van der Waals surface area contributed by atoms with E-state index in [2.05, 4.69) is 16.4 Å². The number of nitrogens with two attached hydrogens (primary N) is 1. The van der Waals surface area contributed by atoms with Crippen molar-refractivity contribution in [2.24, 2.45) is 10.7 Å². The monoisotopic (exact) mass is 325 g/mol. The molecule has 1 atom stereocenters. The summed E-state index contributed by atoms with van der Waals surface area (Å²) in [6, 6.07) is 14.2. The van der Waals surface area contributed by atoms with Gasteiger partial charge in [-0.3, -0.25) is 0 Å². The first-order valence-corrected chi connectivity index (χ1v) is 8.09. The van der Waals surface area contributed by atoms with Crippen LogP contribution in [0.4, 0.5) is 0 Å². The molecule has 1 aliphatic rings. The summed E-state index contributed by atoms with van der Waals surface area (Å²) in [4.78, 5) is 4.46. The summed E-state index contributed by atoms with van der Waals surface area (Å²) < 4.78 is 11.1. The quantitative estimate of drug-likeness (QED) is 0.670. The molecule has 1 unspecified atom stereocenters. The van der Waals surface area contributed by atoms with Gasteiger partial charge in [0.05, 0.1) is 26.3 Å². The van der Waals surface area contributed by atoms with E-state index < -0.39 is 0 Å². The fourth-order valence-corrected chi connectivity index (χ4v) is 2.87. The highest BCUT2D eigenvalue weighted by molar-refractivity contribution is 5.78. The SMILES string of the molecule is COc1cc(C)ccc1CN=C(N)NC1CCOc2ccccc21. The highest BCUT2D eigenvalue weighted by Crippen LogP contribution is 2.31. The molecule has 0 radical (unpaired) electrons. The van der Waals surface area contributed by atoms with Crippen LogP contribution in [0.3, 0.4) is 0 Å². The molecule has 5 heteroatoms. The Morgan fingerprint density at radius 2 is 2.17 bits per heavy atom. The number of ether oxygens (including phenoxy) is 2. The number of nitrogens with one attached hydrogen (secondary N) is 1. The summed E-state index contributed by atoms with van der Waals surface area (Å²) in [5.74, 6) is 2.18. The second-order valence-electron chi connectivity index (χ2n) is 5.89. The number of fused-ring (bicyclic) bond motifs is 1. The van der Waals surface area contributed by atoms with Crippen molar-refractivity contribution in [3.8, 4) is 11.5 Å². The van der Waals surface area contributed by atoms with E-state index >= 15 is 0 Å². The van der Waals surface area contributed by atoms with Gasteiger partial charge in [0.2, 0.25) is 0 Å². The number of methoxy groups -OCH3 is 1. The second kappa shape index (κ2) is 7.25. The molecule has 0 spiro atoms. The van der Waals surface area contributed by atoms with Gasteiger partial charge in [-0.15, -0.1) is 0 Å². The molecule has 2 aromatic rings. The number of para-hydroxylation sites is 1. The summed E-state index contributed by atoms with van der Waals surface area (Å²) >= 11 is 0. The molecule has 24 heavy (non-hydrogen) atoms. The minimum Gasteiger partial charge on any atom is -0.496 e. The van der Waals surface area contributed by atoms with E-state index in [9.17, 15) is 0 Å². The molecule has 1 heterocycles. The van der Waals surface area contributed by atoms with Crippen molar-refractivity contribution in [1.29, 1.82) is 0 Å². The lowest BCUT2D eigenvalue weighted by Crippen LogP contribution is -2.37. The van der Waals surface area contributed by atoms with Crippen molar-refractivity contribution in [3.05, 3.63) is 59.2 Å². The van der Waals surface area contributed by atoms with E-state index in [1.807, 2.05) is 43.3 Å². The van der Waals surface area contributed by atoms with Gasteiger partial charge in [0.15, 0.2) is 5.96 Å². The number of benzene rings is 2. The fourth-order valence-electron chi connectivity index (χ4n) is 2.87. The average Bonchev–Trinajstić information content (AvgIpc) is 2.61. The Bertz CT molecular complexity index is 743. The van der Waals surface area contributed by atoms with E-state index in [1.54, 1.807) is 7.11 Å². The predicted molar refractivity (Wildman–Crippen MR) is 95.5 cm³/mol. The van der Waals surface area contributed by atoms with Crippen molar-refractivity contribution >= 4 is 5.96 Å². The van der Waals surface area contributed by atoms with E-state index in [1.165, 1.54) is 0 Å². The van der Waals surface area contributed by atoms with Gasteiger partial charge in [-0.1, -0.05) is 30.3 Å². The van der Waals surface area contributed by atoms with Crippen LogP contribution in [0.1, 0.15) is 29.2 Å². The molecule has 1 aliphatic heterocycles. The van der Waals surface area contributed by atoms with Crippen molar-refractivity contribution in [2.45, 2.75) is 25.9 Å². The number of aliphatic imine (C=N–C) groups is 1. The smallest absolute Gasteiger partial charge is 0.189 e. The van der Waals surface area contributed by atoms with Crippen LogP contribution in [0.15, 0.2) is 47.5 Å². The van der Waals surface area contributed by atoms with Gasteiger partial charge >= 0.3 is 0 Å². The van der Waals surface area contributed by atoms with E-state index in [0.717, 1.165) is 34.6 Å².